The van der Waals surface area contributed by atoms with Crippen LogP contribution in [0.15, 0.2) is 22.7 Å². The number of hydrogen-bond donors (Lipinski definition) is 2. The lowest BCUT2D eigenvalue weighted by molar-refractivity contribution is -0.149. The Bertz CT molecular complexity index is 588. The number of rotatable bonds is 4. The maximum absolute atomic E-state index is 11.7. The van der Waals surface area contributed by atoms with Crippen LogP contribution in [0.25, 0.3) is 0 Å². The van der Waals surface area contributed by atoms with Gasteiger partial charge in [0.15, 0.2) is 6.61 Å². The van der Waals surface area contributed by atoms with Gasteiger partial charge in [-0.15, -0.1) is 0 Å². The molecule has 2 N–H and O–H groups in total. The van der Waals surface area contributed by atoms with E-state index in [-0.39, 0.29) is 12.5 Å². The molecule has 2 rings (SSSR count). The normalized spacial score (nSPS) is 17.2. The summed E-state index contributed by atoms with van der Waals surface area (Å²) in [5.41, 5.74) is 1.67. The van der Waals surface area contributed by atoms with E-state index in [0.29, 0.717) is 18.5 Å². The van der Waals surface area contributed by atoms with Gasteiger partial charge in [-0.25, -0.2) is 4.79 Å². The van der Waals surface area contributed by atoms with E-state index in [9.17, 15) is 14.4 Å². The molecule has 1 atom stereocenters. The Hall–Kier alpha value is -1.89. The molecule has 0 saturated carbocycles. The Morgan fingerprint density at radius 1 is 1.48 bits per heavy atom. The number of aryl methyl sites for hydroxylation is 1. The first kappa shape index (κ1) is 15.5. The van der Waals surface area contributed by atoms with Crippen molar-refractivity contribution in [1.82, 2.24) is 5.32 Å². The lowest BCUT2D eigenvalue weighted by Crippen LogP contribution is -2.36. The number of ether oxygens (including phenoxy) is 1. The lowest BCUT2D eigenvalue weighted by atomic mass is 10.2. The predicted molar refractivity (Wildman–Crippen MR) is 79.6 cm³/mol. The summed E-state index contributed by atoms with van der Waals surface area (Å²) in [6, 6.07) is 4.75. The second-order valence-electron chi connectivity index (χ2n) is 4.78. The van der Waals surface area contributed by atoms with E-state index in [1.165, 1.54) is 0 Å². The van der Waals surface area contributed by atoms with E-state index >= 15 is 0 Å². The molecule has 0 aromatic heterocycles. The standard InChI is InChI=1S/C14H15BrN2O4/c1-8-2-3-9(6-10(8)15)16-13(19)7-21-14(20)11-4-5-12(18)17-11/h2-3,6,11H,4-5,7H2,1H3,(H,16,19)(H,17,18)/t11-/m0/s1. The number of benzene rings is 1. The Morgan fingerprint density at radius 2 is 2.24 bits per heavy atom. The van der Waals surface area contributed by atoms with Crippen LogP contribution in [-0.2, 0) is 19.1 Å². The zero-order valence-electron chi connectivity index (χ0n) is 11.4. The van der Waals surface area contributed by atoms with Crippen LogP contribution in [-0.4, -0.2) is 30.4 Å². The maximum atomic E-state index is 11.7. The van der Waals surface area contributed by atoms with Gasteiger partial charge in [-0.2, -0.15) is 0 Å². The smallest absolute Gasteiger partial charge is 0.329 e. The van der Waals surface area contributed by atoms with E-state index < -0.39 is 17.9 Å². The molecule has 112 valence electrons. The third-order valence-electron chi connectivity index (χ3n) is 3.08. The molecule has 2 amide bonds. The van der Waals surface area contributed by atoms with Crippen molar-refractivity contribution in [2.75, 3.05) is 11.9 Å². The molecule has 1 aliphatic heterocycles. The molecule has 0 radical (unpaired) electrons. The molecule has 1 fully saturated rings. The summed E-state index contributed by atoms with van der Waals surface area (Å²) >= 11 is 3.37. The van der Waals surface area contributed by atoms with Crippen LogP contribution in [0.1, 0.15) is 18.4 Å². The van der Waals surface area contributed by atoms with Crippen molar-refractivity contribution in [1.29, 1.82) is 0 Å². The Morgan fingerprint density at radius 3 is 2.86 bits per heavy atom. The summed E-state index contributed by atoms with van der Waals surface area (Å²) in [5, 5.41) is 5.12. The number of halogens is 1. The molecule has 0 spiro atoms. The van der Waals surface area contributed by atoms with Crippen LogP contribution in [0.5, 0.6) is 0 Å². The minimum absolute atomic E-state index is 0.175. The fraction of sp³-hybridized carbons (Fsp3) is 0.357. The van der Waals surface area contributed by atoms with E-state index in [2.05, 4.69) is 26.6 Å². The zero-order valence-corrected chi connectivity index (χ0v) is 13.0. The molecule has 1 aromatic rings. The third kappa shape index (κ3) is 4.29. The molecule has 1 aliphatic rings. The van der Waals surface area contributed by atoms with E-state index in [1.54, 1.807) is 12.1 Å². The highest BCUT2D eigenvalue weighted by atomic mass is 79.9. The van der Waals surface area contributed by atoms with Crippen molar-refractivity contribution in [2.45, 2.75) is 25.8 Å². The summed E-state index contributed by atoms with van der Waals surface area (Å²) in [4.78, 5) is 34.3. The molecular formula is C14H15BrN2O4. The lowest BCUT2D eigenvalue weighted by Gasteiger charge is -2.10. The molecule has 0 unspecified atom stereocenters. The van der Waals surface area contributed by atoms with Crippen LogP contribution in [0.4, 0.5) is 5.69 Å². The summed E-state index contributed by atoms with van der Waals surface area (Å²) in [7, 11) is 0. The number of hydrogen-bond acceptors (Lipinski definition) is 4. The first-order valence-corrected chi connectivity index (χ1v) is 7.27. The molecule has 0 bridgehead atoms. The average Bonchev–Trinajstić information content (AvgIpc) is 2.87. The van der Waals surface area contributed by atoms with Gasteiger partial charge in [0.25, 0.3) is 5.91 Å². The molecule has 1 aromatic carbocycles. The average molecular weight is 355 g/mol. The molecule has 0 aliphatic carbocycles. The number of anilines is 1. The van der Waals surface area contributed by atoms with Crippen molar-refractivity contribution in [3.63, 3.8) is 0 Å². The minimum Gasteiger partial charge on any atom is -0.454 e. The minimum atomic E-state index is -0.640. The first-order valence-electron chi connectivity index (χ1n) is 6.47. The second kappa shape index (κ2) is 6.71. The Labute approximate surface area is 130 Å². The topological polar surface area (TPSA) is 84.5 Å². The zero-order chi connectivity index (χ0) is 15.4. The van der Waals surface area contributed by atoms with Crippen molar-refractivity contribution in [2.24, 2.45) is 0 Å². The summed E-state index contributed by atoms with van der Waals surface area (Å²) in [6.45, 7) is 1.56. The molecule has 7 heteroatoms. The highest BCUT2D eigenvalue weighted by molar-refractivity contribution is 9.10. The number of esters is 1. The molecule has 21 heavy (non-hydrogen) atoms. The first-order chi connectivity index (χ1) is 9.95. The quantitative estimate of drug-likeness (QED) is 0.802. The Kier molecular flexibility index (Phi) is 4.95. The SMILES string of the molecule is Cc1ccc(NC(=O)COC(=O)[C@@H]2CCC(=O)N2)cc1Br. The highest BCUT2D eigenvalue weighted by Crippen LogP contribution is 2.20. The summed E-state index contributed by atoms with van der Waals surface area (Å²) in [5.74, 6) is -1.18. The fourth-order valence-corrected chi connectivity index (χ4v) is 2.27. The van der Waals surface area contributed by atoms with Gasteiger partial charge >= 0.3 is 5.97 Å². The predicted octanol–water partition coefficient (Wildman–Crippen LogP) is 1.52. The number of amides is 2. The monoisotopic (exact) mass is 354 g/mol. The maximum Gasteiger partial charge on any atom is 0.329 e. The van der Waals surface area contributed by atoms with Gasteiger partial charge in [0.2, 0.25) is 5.91 Å². The number of nitrogens with one attached hydrogen (secondary N) is 2. The second-order valence-corrected chi connectivity index (χ2v) is 5.63. The fourth-order valence-electron chi connectivity index (χ4n) is 1.90. The van der Waals surface area contributed by atoms with Gasteiger partial charge in [-0.1, -0.05) is 22.0 Å². The van der Waals surface area contributed by atoms with Crippen molar-refractivity contribution < 1.29 is 19.1 Å². The summed E-state index contributed by atoms with van der Waals surface area (Å²) in [6.07, 6.45) is 0.716. The van der Waals surface area contributed by atoms with E-state index in [0.717, 1.165) is 10.0 Å². The van der Waals surface area contributed by atoms with Gasteiger partial charge in [-0.3, -0.25) is 9.59 Å². The van der Waals surface area contributed by atoms with Gasteiger partial charge in [-0.05, 0) is 31.0 Å². The van der Waals surface area contributed by atoms with Crippen LogP contribution >= 0.6 is 15.9 Å². The number of carbonyl (C=O) groups is 3. The van der Waals surface area contributed by atoms with Crippen LogP contribution in [0, 0.1) is 6.92 Å². The van der Waals surface area contributed by atoms with Gasteiger partial charge < -0.3 is 15.4 Å². The molecule has 1 heterocycles. The highest BCUT2D eigenvalue weighted by Gasteiger charge is 2.28. The van der Waals surface area contributed by atoms with Crippen LogP contribution < -0.4 is 10.6 Å². The summed E-state index contributed by atoms with van der Waals surface area (Å²) < 4.78 is 5.77. The van der Waals surface area contributed by atoms with Gasteiger partial charge in [0.05, 0.1) is 0 Å². The van der Waals surface area contributed by atoms with Crippen molar-refractivity contribution in [3.05, 3.63) is 28.2 Å². The molecular weight excluding hydrogens is 340 g/mol. The van der Waals surface area contributed by atoms with E-state index in [1.807, 2.05) is 13.0 Å². The van der Waals surface area contributed by atoms with Gasteiger partial charge in [0, 0.05) is 16.6 Å². The van der Waals surface area contributed by atoms with Crippen LogP contribution in [0.2, 0.25) is 0 Å². The van der Waals surface area contributed by atoms with Gasteiger partial charge in [0.1, 0.15) is 6.04 Å². The third-order valence-corrected chi connectivity index (χ3v) is 3.94. The molecule has 6 nitrogen and oxygen atoms in total. The van der Waals surface area contributed by atoms with Crippen LogP contribution in [0.3, 0.4) is 0 Å². The van der Waals surface area contributed by atoms with Crippen molar-refractivity contribution in [3.8, 4) is 0 Å². The van der Waals surface area contributed by atoms with Crippen molar-refractivity contribution >= 4 is 39.4 Å². The molecule has 1 saturated heterocycles. The number of carbonyl (C=O) groups excluding carboxylic acids is 3. The Balaban J connectivity index is 1.80. The van der Waals surface area contributed by atoms with E-state index in [4.69, 9.17) is 4.74 Å². The largest absolute Gasteiger partial charge is 0.454 e.